The normalized spacial score (nSPS) is 23.0. The lowest BCUT2D eigenvalue weighted by atomic mass is 10.6. The van der Waals surface area contributed by atoms with Crippen LogP contribution in [0.4, 0.5) is 0 Å². The average Bonchev–Trinajstić information content (AvgIpc) is 2.13. The number of aliphatic imine (C=N–C) groups is 1. The molecule has 50 valence electrons. The van der Waals surface area contributed by atoms with Crippen molar-refractivity contribution in [2.75, 3.05) is 13.6 Å². The van der Waals surface area contributed by atoms with Crippen molar-refractivity contribution in [3.63, 3.8) is 0 Å². The molecule has 0 aromatic rings. The maximum absolute atomic E-state index is 8.20. The van der Waals surface area contributed by atoms with Crippen molar-refractivity contribution >= 4 is 11.8 Å². The molecular weight excluding hydrogens is 120 g/mol. The highest BCUT2D eigenvalue weighted by atomic mass is 16.4. The molecule has 0 aromatic carbocycles. The Labute approximate surface area is 52.5 Å². The number of hydrogen-bond acceptors (Lipinski definition) is 4. The van der Waals surface area contributed by atoms with Gasteiger partial charge in [0, 0.05) is 7.05 Å². The third-order valence-corrected chi connectivity index (χ3v) is 1.13. The van der Waals surface area contributed by atoms with Gasteiger partial charge in [0.05, 0.1) is 6.54 Å². The smallest absolute Gasteiger partial charge is 0.198 e. The van der Waals surface area contributed by atoms with Crippen LogP contribution in [0.2, 0.25) is 0 Å². The summed E-state index contributed by atoms with van der Waals surface area (Å²) in [5.41, 5.74) is 5.33. The van der Waals surface area contributed by atoms with Gasteiger partial charge < -0.3 is 15.8 Å². The Bertz CT molecular complexity index is 173. The summed E-state index contributed by atoms with van der Waals surface area (Å²) in [4.78, 5) is 5.40. The standard InChI is InChI=1S/C4H8N4O/c1-8-2-3(7-9)6-4(8)5/h9H,2H2,1H3,(H2,5,6,7). The first-order valence-electron chi connectivity index (χ1n) is 2.50. The lowest BCUT2D eigenvalue weighted by Gasteiger charge is -2.06. The number of guanidine groups is 1. The SMILES string of the molecule is CN1C/C(=N\O)N=C1N. The van der Waals surface area contributed by atoms with E-state index in [1.807, 2.05) is 0 Å². The molecular formula is C4H8N4O. The molecule has 1 aliphatic rings. The second-order valence-corrected chi connectivity index (χ2v) is 1.84. The van der Waals surface area contributed by atoms with Gasteiger partial charge in [-0.15, -0.1) is 0 Å². The zero-order valence-corrected chi connectivity index (χ0v) is 5.07. The van der Waals surface area contributed by atoms with Crippen LogP contribution in [-0.4, -0.2) is 35.5 Å². The number of hydrogen-bond donors (Lipinski definition) is 2. The van der Waals surface area contributed by atoms with E-state index in [4.69, 9.17) is 10.9 Å². The molecule has 0 atom stereocenters. The van der Waals surface area contributed by atoms with E-state index in [9.17, 15) is 0 Å². The van der Waals surface area contributed by atoms with Crippen LogP contribution in [0, 0.1) is 0 Å². The van der Waals surface area contributed by atoms with Crippen LogP contribution in [0.3, 0.4) is 0 Å². The molecule has 1 aliphatic heterocycles. The second-order valence-electron chi connectivity index (χ2n) is 1.84. The van der Waals surface area contributed by atoms with Crippen molar-refractivity contribution in [2.45, 2.75) is 0 Å². The van der Waals surface area contributed by atoms with Gasteiger partial charge in [0.15, 0.2) is 11.8 Å². The molecule has 0 radical (unpaired) electrons. The molecule has 0 bridgehead atoms. The predicted molar refractivity (Wildman–Crippen MR) is 33.5 cm³/mol. The van der Waals surface area contributed by atoms with E-state index in [2.05, 4.69) is 10.1 Å². The third-order valence-electron chi connectivity index (χ3n) is 1.13. The molecule has 0 amide bonds. The second kappa shape index (κ2) is 1.93. The highest BCUT2D eigenvalue weighted by molar-refractivity contribution is 6.02. The van der Waals surface area contributed by atoms with Gasteiger partial charge in [-0.05, 0) is 0 Å². The quantitative estimate of drug-likeness (QED) is 0.326. The topological polar surface area (TPSA) is 74.2 Å². The van der Waals surface area contributed by atoms with Crippen molar-refractivity contribution in [2.24, 2.45) is 15.9 Å². The molecule has 0 unspecified atom stereocenters. The van der Waals surface area contributed by atoms with Crippen molar-refractivity contribution < 1.29 is 5.21 Å². The van der Waals surface area contributed by atoms with Gasteiger partial charge in [0.25, 0.3) is 0 Å². The number of nitrogens with two attached hydrogens (primary N) is 1. The molecule has 0 aromatic heterocycles. The lowest BCUT2D eigenvalue weighted by molar-refractivity contribution is 0.316. The van der Waals surface area contributed by atoms with Crippen molar-refractivity contribution in [1.82, 2.24) is 4.90 Å². The van der Waals surface area contributed by atoms with Gasteiger partial charge in [-0.1, -0.05) is 5.16 Å². The minimum Gasteiger partial charge on any atom is -0.409 e. The summed E-state index contributed by atoms with van der Waals surface area (Å²) in [6, 6.07) is 0. The largest absolute Gasteiger partial charge is 0.409 e. The van der Waals surface area contributed by atoms with E-state index in [-0.39, 0.29) is 0 Å². The van der Waals surface area contributed by atoms with Gasteiger partial charge in [-0.25, -0.2) is 0 Å². The molecule has 5 nitrogen and oxygen atoms in total. The summed E-state index contributed by atoms with van der Waals surface area (Å²) in [7, 11) is 1.77. The fraction of sp³-hybridized carbons (Fsp3) is 0.500. The Hall–Kier alpha value is -1.26. The monoisotopic (exact) mass is 128 g/mol. The molecule has 3 N–H and O–H groups in total. The van der Waals surface area contributed by atoms with Crippen LogP contribution in [0.1, 0.15) is 0 Å². The maximum atomic E-state index is 8.20. The first-order valence-corrected chi connectivity index (χ1v) is 2.50. The first kappa shape index (κ1) is 5.87. The van der Waals surface area contributed by atoms with Crippen LogP contribution in [0.15, 0.2) is 10.1 Å². The highest BCUT2D eigenvalue weighted by Gasteiger charge is 2.14. The van der Waals surface area contributed by atoms with E-state index < -0.39 is 0 Å². The molecule has 0 saturated heterocycles. The molecule has 1 heterocycles. The summed E-state index contributed by atoms with van der Waals surface area (Å²) in [6.07, 6.45) is 0. The van der Waals surface area contributed by atoms with Gasteiger partial charge in [0.1, 0.15) is 0 Å². The number of likely N-dealkylation sites (N-methyl/N-ethyl adjacent to an activating group) is 1. The van der Waals surface area contributed by atoms with Crippen molar-refractivity contribution in [1.29, 1.82) is 0 Å². The minimum atomic E-state index is 0.356. The summed E-state index contributed by atoms with van der Waals surface area (Å²) >= 11 is 0. The molecule has 9 heavy (non-hydrogen) atoms. The zero-order valence-electron chi connectivity index (χ0n) is 5.07. The summed E-state index contributed by atoms with van der Waals surface area (Å²) in [5, 5.41) is 11.1. The predicted octanol–water partition coefficient (Wildman–Crippen LogP) is -0.966. The van der Waals surface area contributed by atoms with E-state index in [1.54, 1.807) is 11.9 Å². The molecule has 5 heteroatoms. The van der Waals surface area contributed by atoms with Crippen LogP contribution in [0.5, 0.6) is 0 Å². The van der Waals surface area contributed by atoms with Crippen molar-refractivity contribution in [3.05, 3.63) is 0 Å². The fourth-order valence-electron chi connectivity index (χ4n) is 0.600. The number of oxime groups is 1. The summed E-state index contributed by atoms with van der Waals surface area (Å²) in [6.45, 7) is 0.488. The molecule has 0 fully saturated rings. The summed E-state index contributed by atoms with van der Waals surface area (Å²) < 4.78 is 0. The highest BCUT2D eigenvalue weighted by Crippen LogP contribution is 1.95. The Morgan fingerprint density at radius 3 is 2.78 bits per heavy atom. The molecule has 0 spiro atoms. The van der Waals surface area contributed by atoms with Gasteiger partial charge >= 0.3 is 0 Å². The van der Waals surface area contributed by atoms with Crippen LogP contribution >= 0.6 is 0 Å². The van der Waals surface area contributed by atoms with Crippen LogP contribution < -0.4 is 5.73 Å². The summed E-state index contributed by atoms with van der Waals surface area (Å²) in [5.74, 6) is 0.748. The average molecular weight is 128 g/mol. The third kappa shape index (κ3) is 0.933. The van der Waals surface area contributed by atoms with E-state index in [1.165, 1.54) is 0 Å². The lowest BCUT2D eigenvalue weighted by Crippen LogP contribution is -2.29. The van der Waals surface area contributed by atoms with E-state index >= 15 is 0 Å². The Balaban J connectivity index is 2.74. The van der Waals surface area contributed by atoms with Crippen LogP contribution in [-0.2, 0) is 0 Å². The van der Waals surface area contributed by atoms with Gasteiger partial charge in [-0.3, -0.25) is 0 Å². The number of nitrogens with zero attached hydrogens (tertiary/aromatic N) is 3. The number of rotatable bonds is 0. The van der Waals surface area contributed by atoms with E-state index in [0.717, 1.165) is 0 Å². The van der Waals surface area contributed by atoms with Gasteiger partial charge in [0.2, 0.25) is 0 Å². The van der Waals surface area contributed by atoms with Crippen molar-refractivity contribution in [3.8, 4) is 0 Å². The maximum Gasteiger partial charge on any atom is 0.198 e. The van der Waals surface area contributed by atoms with Crippen LogP contribution in [0.25, 0.3) is 0 Å². The Morgan fingerprint density at radius 1 is 1.89 bits per heavy atom. The Morgan fingerprint density at radius 2 is 2.56 bits per heavy atom. The minimum absolute atomic E-state index is 0.356. The molecule has 0 saturated carbocycles. The van der Waals surface area contributed by atoms with Gasteiger partial charge in [-0.2, -0.15) is 4.99 Å². The number of amidine groups is 1. The van der Waals surface area contributed by atoms with E-state index in [0.29, 0.717) is 18.3 Å². The fourth-order valence-corrected chi connectivity index (χ4v) is 0.600. The molecule has 0 aliphatic carbocycles. The zero-order chi connectivity index (χ0) is 6.85. The molecule has 1 rings (SSSR count). The first-order chi connectivity index (χ1) is 4.24. The Kier molecular flexibility index (Phi) is 1.26.